The van der Waals surface area contributed by atoms with E-state index >= 15 is 0 Å². The highest BCUT2D eigenvalue weighted by Gasteiger charge is 2.40. The number of fused-ring (bicyclic) bond motifs is 2. The molecule has 0 aromatic carbocycles. The molecule has 5 nitrogen and oxygen atoms in total. The summed E-state index contributed by atoms with van der Waals surface area (Å²) in [6.45, 7) is 0. The Balaban J connectivity index is 1.80. The molecule has 82 valence electrons. The molecule has 0 amide bonds. The van der Waals surface area contributed by atoms with Gasteiger partial charge in [0.25, 0.3) is 0 Å². The van der Waals surface area contributed by atoms with E-state index in [2.05, 4.69) is 22.1 Å². The molecule has 0 saturated carbocycles. The lowest BCUT2D eigenvalue weighted by Crippen LogP contribution is -2.39. The minimum Gasteiger partial charge on any atom is -0.351 e. The molecule has 2 fully saturated rings. The number of anilines is 1. The van der Waals surface area contributed by atoms with Crippen LogP contribution in [0.25, 0.3) is 0 Å². The Labute approximate surface area is 88.6 Å². The number of piperidine rings is 1. The van der Waals surface area contributed by atoms with Crippen LogP contribution >= 0.6 is 0 Å². The van der Waals surface area contributed by atoms with Gasteiger partial charge in [0, 0.05) is 18.0 Å². The predicted octanol–water partition coefficient (Wildman–Crippen LogP) is 0.992. The molecule has 5 heteroatoms. The second-order valence-corrected chi connectivity index (χ2v) is 4.71. The lowest BCUT2D eigenvalue weighted by Gasteiger charge is -2.34. The van der Waals surface area contributed by atoms with Crippen LogP contribution < -0.4 is 5.73 Å². The quantitative estimate of drug-likeness (QED) is 0.745. The predicted molar refractivity (Wildman–Crippen MR) is 55.3 cm³/mol. The lowest BCUT2D eigenvalue weighted by molar-refractivity contribution is 0.157. The number of hydrogen-bond acceptors (Lipinski definition) is 5. The summed E-state index contributed by atoms with van der Waals surface area (Å²) < 4.78 is 4.84. The summed E-state index contributed by atoms with van der Waals surface area (Å²) in [4.78, 5) is 6.64. The van der Waals surface area contributed by atoms with Crippen LogP contribution in [0.1, 0.15) is 37.4 Å². The van der Waals surface area contributed by atoms with Crippen molar-refractivity contribution in [2.24, 2.45) is 0 Å². The first-order valence-corrected chi connectivity index (χ1v) is 5.55. The van der Waals surface area contributed by atoms with Gasteiger partial charge in [-0.25, -0.2) is 0 Å². The zero-order chi connectivity index (χ0) is 10.4. The maximum atomic E-state index is 5.45. The van der Waals surface area contributed by atoms with Crippen LogP contribution in [-0.2, 0) is 0 Å². The molecule has 1 aromatic heterocycles. The first-order chi connectivity index (χ1) is 7.24. The van der Waals surface area contributed by atoms with E-state index in [9.17, 15) is 0 Å². The van der Waals surface area contributed by atoms with E-state index < -0.39 is 0 Å². The Bertz CT molecular complexity index is 350. The molecule has 2 aliphatic rings. The van der Waals surface area contributed by atoms with Crippen molar-refractivity contribution < 1.29 is 4.52 Å². The monoisotopic (exact) mass is 208 g/mol. The van der Waals surface area contributed by atoms with Crippen molar-refractivity contribution in [1.82, 2.24) is 15.0 Å². The van der Waals surface area contributed by atoms with Crippen molar-refractivity contribution in [3.8, 4) is 0 Å². The van der Waals surface area contributed by atoms with Gasteiger partial charge in [0.2, 0.25) is 0 Å². The van der Waals surface area contributed by atoms with Crippen molar-refractivity contribution in [2.75, 3.05) is 12.8 Å². The van der Waals surface area contributed by atoms with Gasteiger partial charge < -0.3 is 15.2 Å². The van der Waals surface area contributed by atoms with E-state index in [0.29, 0.717) is 18.0 Å². The first kappa shape index (κ1) is 9.15. The zero-order valence-corrected chi connectivity index (χ0v) is 8.89. The van der Waals surface area contributed by atoms with Crippen molar-refractivity contribution in [2.45, 2.75) is 43.7 Å². The third kappa shape index (κ3) is 1.42. The number of hydrogen-bond donors (Lipinski definition) is 1. The molecule has 3 heterocycles. The molecule has 2 bridgehead atoms. The number of nitrogen functional groups attached to an aromatic ring is 1. The van der Waals surface area contributed by atoms with Crippen LogP contribution in [0, 0.1) is 0 Å². The third-order valence-corrected chi connectivity index (χ3v) is 3.92. The number of nitrogens with two attached hydrogens (primary N) is 1. The molecule has 2 aliphatic heterocycles. The first-order valence-electron chi connectivity index (χ1n) is 5.55. The Morgan fingerprint density at radius 2 is 2.00 bits per heavy atom. The van der Waals surface area contributed by atoms with Crippen molar-refractivity contribution >= 4 is 6.01 Å². The molecule has 0 aliphatic carbocycles. The molecule has 1 aromatic rings. The Hall–Kier alpha value is -1.10. The minimum absolute atomic E-state index is 0.191. The average Bonchev–Trinajstić information content (AvgIpc) is 2.70. The Morgan fingerprint density at radius 3 is 2.53 bits per heavy atom. The molecule has 0 radical (unpaired) electrons. The Morgan fingerprint density at radius 1 is 1.33 bits per heavy atom. The molecule has 0 spiro atoms. The summed E-state index contributed by atoms with van der Waals surface area (Å²) in [7, 11) is 2.23. The number of rotatable bonds is 1. The van der Waals surface area contributed by atoms with E-state index in [1.807, 2.05) is 0 Å². The van der Waals surface area contributed by atoms with Gasteiger partial charge in [0.15, 0.2) is 5.82 Å². The van der Waals surface area contributed by atoms with Crippen LogP contribution in [0.15, 0.2) is 4.52 Å². The van der Waals surface area contributed by atoms with E-state index in [1.54, 1.807) is 0 Å². The molecule has 2 N–H and O–H groups in total. The van der Waals surface area contributed by atoms with Crippen LogP contribution in [0.3, 0.4) is 0 Å². The van der Waals surface area contributed by atoms with E-state index in [0.717, 1.165) is 18.7 Å². The van der Waals surface area contributed by atoms with Gasteiger partial charge in [-0.15, -0.1) is 0 Å². The molecule has 2 saturated heterocycles. The molecular weight excluding hydrogens is 192 g/mol. The highest BCUT2D eigenvalue weighted by Crippen LogP contribution is 2.41. The highest BCUT2D eigenvalue weighted by atomic mass is 16.5. The van der Waals surface area contributed by atoms with Crippen molar-refractivity contribution in [3.63, 3.8) is 0 Å². The summed E-state index contributed by atoms with van der Waals surface area (Å²) in [6, 6.07) is 1.60. The summed E-state index contributed by atoms with van der Waals surface area (Å²) in [6.07, 6.45) is 4.91. The maximum Gasteiger partial charge on any atom is 0.318 e. The van der Waals surface area contributed by atoms with Crippen LogP contribution in [-0.4, -0.2) is 34.2 Å². The van der Waals surface area contributed by atoms with E-state index in [1.165, 1.54) is 12.8 Å². The third-order valence-electron chi connectivity index (χ3n) is 3.92. The van der Waals surface area contributed by atoms with Gasteiger partial charge in [0.1, 0.15) is 0 Å². The highest BCUT2D eigenvalue weighted by molar-refractivity contribution is 5.12. The number of nitrogens with zero attached hydrogens (tertiary/aromatic N) is 3. The average molecular weight is 208 g/mol. The molecule has 3 rings (SSSR count). The molecular formula is C10H16N4O. The fourth-order valence-electron chi connectivity index (χ4n) is 3.04. The van der Waals surface area contributed by atoms with Crippen LogP contribution in [0.2, 0.25) is 0 Å². The van der Waals surface area contributed by atoms with Gasteiger partial charge in [-0.05, 0) is 32.7 Å². The topological polar surface area (TPSA) is 68.2 Å². The molecule has 2 unspecified atom stereocenters. The van der Waals surface area contributed by atoms with Gasteiger partial charge in [-0.2, -0.15) is 4.98 Å². The fraction of sp³-hybridized carbons (Fsp3) is 0.800. The van der Waals surface area contributed by atoms with Crippen LogP contribution in [0.5, 0.6) is 0 Å². The van der Waals surface area contributed by atoms with E-state index in [-0.39, 0.29) is 6.01 Å². The second kappa shape index (κ2) is 3.20. The lowest BCUT2D eigenvalue weighted by atomic mass is 9.90. The SMILES string of the molecule is CN1C2CCC1CC(c1noc(N)n1)C2. The van der Waals surface area contributed by atoms with Gasteiger partial charge in [0.05, 0.1) is 0 Å². The summed E-state index contributed by atoms with van der Waals surface area (Å²) in [5.74, 6) is 1.25. The van der Waals surface area contributed by atoms with Gasteiger partial charge in [-0.3, -0.25) is 0 Å². The summed E-state index contributed by atoms with van der Waals surface area (Å²) in [5, 5.41) is 3.93. The smallest absolute Gasteiger partial charge is 0.318 e. The summed E-state index contributed by atoms with van der Waals surface area (Å²) >= 11 is 0. The van der Waals surface area contributed by atoms with E-state index in [4.69, 9.17) is 10.3 Å². The normalized spacial score (nSPS) is 35.9. The van der Waals surface area contributed by atoms with Gasteiger partial charge >= 0.3 is 6.01 Å². The van der Waals surface area contributed by atoms with Crippen molar-refractivity contribution in [1.29, 1.82) is 0 Å². The zero-order valence-electron chi connectivity index (χ0n) is 8.89. The fourth-order valence-corrected chi connectivity index (χ4v) is 3.04. The summed E-state index contributed by atoms with van der Waals surface area (Å²) in [5.41, 5.74) is 5.45. The van der Waals surface area contributed by atoms with Gasteiger partial charge in [-0.1, -0.05) is 5.16 Å². The standard InChI is InChI=1S/C10H16N4O/c1-14-7-2-3-8(14)5-6(4-7)9-12-10(11)15-13-9/h6-8H,2-5H2,1H3,(H2,11,12,13). The molecule has 2 atom stereocenters. The van der Waals surface area contributed by atoms with Crippen LogP contribution in [0.4, 0.5) is 6.01 Å². The van der Waals surface area contributed by atoms with Crippen molar-refractivity contribution in [3.05, 3.63) is 5.82 Å². The largest absolute Gasteiger partial charge is 0.351 e. The maximum absolute atomic E-state index is 5.45. The Kier molecular flexibility index (Phi) is 1.95. The molecule has 15 heavy (non-hydrogen) atoms. The number of aromatic nitrogens is 2. The minimum atomic E-state index is 0.191. The second-order valence-electron chi connectivity index (χ2n) is 4.71.